The second-order valence-corrected chi connectivity index (χ2v) is 7.01. The summed E-state index contributed by atoms with van der Waals surface area (Å²) in [5, 5.41) is 8.83. The molecule has 0 saturated heterocycles. The summed E-state index contributed by atoms with van der Waals surface area (Å²) in [7, 11) is 0. The molecule has 3 nitrogen and oxygen atoms in total. The van der Waals surface area contributed by atoms with Gasteiger partial charge in [-0.1, -0.05) is 57.5 Å². The Hall–Kier alpha value is -1.07. The van der Waals surface area contributed by atoms with E-state index >= 15 is 0 Å². The minimum atomic E-state index is -1.39. The second-order valence-electron chi connectivity index (χ2n) is 5.55. The summed E-state index contributed by atoms with van der Waals surface area (Å²) in [5.74, 6) is -2.53. The van der Waals surface area contributed by atoms with Crippen molar-refractivity contribution in [2.75, 3.05) is 0 Å². The zero-order valence-corrected chi connectivity index (χ0v) is 13.9. The summed E-state index contributed by atoms with van der Waals surface area (Å²) in [5.41, 5.74) is -0.663. The fraction of sp³-hybridized carbons (Fsp3) is 0.467. The van der Waals surface area contributed by atoms with Gasteiger partial charge in [-0.3, -0.25) is 4.79 Å². The Labute approximate surface area is 132 Å². The van der Waals surface area contributed by atoms with Crippen LogP contribution in [0.5, 0.6) is 0 Å². The third-order valence-electron chi connectivity index (χ3n) is 3.90. The van der Waals surface area contributed by atoms with E-state index in [0.29, 0.717) is 0 Å². The molecule has 6 heteroatoms. The molecule has 1 atom stereocenters. The van der Waals surface area contributed by atoms with Crippen LogP contribution < -0.4 is 0 Å². The van der Waals surface area contributed by atoms with Crippen LogP contribution in [0.4, 0.5) is 4.39 Å². The van der Waals surface area contributed by atoms with Gasteiger partial charge in [0.25, 0.3) is 0 Å². The van der Waals surface area contributed by atoms with Gasteiger partial charge in [0.15, 0.2) is 5.12 Å². The number of rotatable bonds is 5. The van der Waals surface area contributed by atoms with E-state index in [1.807, 2.05) is 27.7 Å². The third-order valence-corrected chi connectivity index (χ3v) is 5.44. The molecule has 0 aliphatic rings. The Morgan fingerprint density at radius 3 is 2.48 bits per heavy atom. The quantitative estimate of drug-likeness (QED) is 0.782. The van der Waals surface area contributed by atoms with Crippen molar-refractivity contribution < 1.29 is 19.1 Å². The molecule has 1 N–H and O–H groups in total. The summed E-state index contributed by atoms with van der Waals surface area (Å²) in [6.45, 7) is 7.81. The van der Waals surface area contributed by atoms with E-state index in [4.69, 9.17) is 16.7 Å². The fourth-order valence-corrected chi connectivity index (χ4v) is 2.91. The van der Waals surface area contributed by atoms with Gasteiger partial charge in [0.1, 0.15) is 5.82 Å². The molecule has 1 aromatic rings. The van der Waals surface area contributed by atoms with E-state index in [1.54, 1.807) is 0 Å². The number of aromatic carboxylic acids is 1. The maximum atomic E-state index is 13.5. The first-order chi connectivity index (χ1) is 9.60. The van der Waals surface area contributed by atoms with Gasteiger partial charge in [-0.05, 0) is 17.5 Å². The monoisotopic (exact) mass is 332 g/mol. The first kappa shape index (κ1) is 18.0. The number of carboxylic acids is 1. The molecule has 1 aromatic carbocycles. The van der Waals surface area contributed by atoms with Crippen LogP contribution in [-0.2, 0) is 4.79 Å². The Kier molecular flexibility index (Phi) is 5.82. The van der Waals surface area contributed by atoms with Crippen LogP contribution in [0, 0.1) is 17.2 Å². The summed E-state index contributed by atoms with van der Waals surface area (Å²) >= 11 is 6.76. The van der Waals surface area contributed by atoms with Gasteiger partial charge in [0.05, 0.1) is 10.6 Å². The molecule has 0 radical (unpaired) electrons. The van der Waals surface area contributed by atoms with Crippen LogP contribution in [0.1, 0.15) is 44.5 Å². The topological polar surface area (TPSA) is 54.4 Å². The number of carbonyl (C=O) groups excluding carboxylic acids is 1. The molecule has 0 aliphatic heterocycles. The average Bonchev–Trinajstić information content (AvgIpc) is 2.40. The van der Waals surface area contributed by atoms with E-state index in [1.165, 1.54) is 0 Å². The van der Waals surface area contributed by atoms with E-state index in [2.05, 4.69) is 0 Å². The second kappa shape index (κ2) is 6.79. The predicted octanol–water partition coefficient (Wildman–Crippen LogP) is 4.87. The lowest BCUT2D eigenvalue weighted by Gasteiger charge is -2.29. The fourth-order valence-electron chi connectivity index (χ4n) is 1.59. The molecular formula is C15H18ClFO3S. The first-order valence-electron chi connectivity index (χ1n) is 6.54. The van der Waals surface area contributed by atoms with Crippen molar-refractivity contribution >= 4 is 34.4 Å². The van der Waals surface area contributed by atoms with Crippen LogP contribution in [0.2, 0.25) is 5.02 Å². The third kappa shape index (κ3) is 4.20. The zero-order chi connectivity index (χ0) is 16.4. The Morgan fingerprint density at radius 1 is 1.43 bits per heavy atom. The highest BCUT2D eigenvalue weighted by molar-refractivity contribution is 8.13. The van der Waals surface area contributed by atoms with Gasteiger partial charge in [-0.25, -0.2) is 9.18 Å². The van der Waals surface area contributed by atoms with Crippen LogP contribution in [0.25, 0.3) is 0 Å². The van der Waals surface area contributed by atoms with Crippen LogP contribution in [0.15, 0.2) is 17.0 Å². The minimum absolute atomic E-state index is 0.0392. The molecular weight excluding hydrogens is 315 g/mol. The Morgan fingerprint density at radius 2 is 2.00 bits per heavy atom. The molecule has 21 heavy (non-hydrogen) atoms. The number of thioether (sulfide) groups is 1. The molecule has 0 aromatic heterocycles. The smallest absolute Gasteiger partial charge is 0.338 e. The molecule has 0 spiro atoms. The average molecular weight is 333 g/mol. The van der Waals surface area contributed by atoms with Crippen LogP contribution in [-0.4, -0.2) is 16.2 Å². The van der Waals surface area contributed by atoms with E-state index in [-0.39, 0.29) is 26.4 Å². The predicted molar refractivity (Wildman–Crippen MR) is 82.5 cm³/mol. The molecule has 116 valence electrons. The number of hydrogen-bond acceptors (Lipinski definition) is 3. The van der Waals surface area contributed by atoms with Crippen molar-refractivity contribution in [1.29, 1.82) is 0 Å². The highest BCUT2D eigenvalue weighted by Crippen LogP contribution is 2.38. The van der Waals surface area contributed by atoms with Crippen LogP contribution >= 0.6 is 23.4 Å². The van der Waals surface area contributed by atoms with Gasteiger partial charge in [0.2, 0.25) is 0 Å². The molecule has 0 amide bonds. The van der Waals surface area contributed by atoms with Crippen molar-refractivity contribution in [3.63, 3.8) is 0 Å². The lowest BCUT2D eigenvalue weighted by molar-refractivity contribution is -0.117. The van der Waals surface area contributed by atoms with Crippen molar-refractivity contribution in [2.24, 2.45) is 11.3 Å². The van der Waals surface area contributed by atoms with Gasteiger partial charge in [0, 0.05) is 10.8 Å². The lowest BCUT2D eigenvalue weighted by atomic mass is 9.78. The van der Waals surface area contributed by atoms with Gasteiger partial charge < -0.3 is 5.11 Å². The first-order valence-corrected chi connectivity index (χ1v) is 7.73. The van der Waals surface area contributed by atoms with Crippen molar-refractivity contribution in [3.8, 4) is 0 Å². The standard InChI is InChI=1S/C15H18ClFO3S/c1-5-15(3,4)8(2)14(20)21-12-6-9(13(18)19)11(17)7-10(12)16/h6-8H,5H2,1-4H3,(H,18,19). The van der Waals surface area contributed by atoms with E-state index in [0.717, 1.165) is 30.3 Å². The highest BCUT2D eigenvalue weighted by Gasteiger charge is 2.30. The van der Waals surface area contributed by atoms with E-state index in [9.17, 15) is 14.0 Å². The number of carboxylic acid groups (broad SMARTS) is 1. The molecule has 1 unspecified atom stereocenters. The molecule has 0 bridgehead atoms. The minimum Gasteiger partial charge on any atom is -0.478 e. The normalized spacial score (nSPS) is 13.0. The van der Waals surface area contributed by atoms with Crippen molar-refractivity contribution in [1.82, 2.24) is 0 Å². The molecule has 0 saturated carbocycles. The Bertz CT molecular complexity index is 572. The maximum Gasteiger partial charge on any atom is 0.338 e. The number of benzene rings is 1. The van der Waals surface area contributed by atoms with Crippen molar-refractivity contribution in [3.05, 3.63) is 28.5 Å². The van der Waals surface area contributed by atoms with Gasteiger partial charge >= 0.3 is 5.97 Å². The van der Waals surface area contributed by atoms with Gasteiger partial charge in [-0.2, -0.15) is 0 Å². The lowest BCUT2D eigenvalue weighted by Crippen LogP contribution is -2.26. The number of hydrogen-bond donors (Lipinski definition) is 1. The molecule has 0 fully saturated rings. The number of halogens is 2. The summed E-state index contributed by atoms with van der Waals surface area (Å²) in [6, 6.07) is 2.03. The Balaban J connectivity index is 3.06. The van der Waals surface area contributed by atoms with Gasteiger partial charge in [-0.15, -0.1) is 0 Å². The summed E-state index contributed by atoms with van der Waals surface area (Å²) in [4.78, 5) is 23.5. The summed E-state index contributed by atoms with van der Waals surface area (Å²) in [6.07, 6.45) is 0.831. The summed E-state index contributed by atoms with van der Waals surface area (Å²) < 4.78 is 13.5. The van der Waals surface area contributed by atoms with E-state index < -0.39 is 17.3 Å². The molecule has 0 heterocycles. The highest BCUT2D eigenvalue weighted by atomic mass is 35.5. The molecule has 1 rings (SSSR count). The number of carbonyl (C=O) groups is 2. The van der Waals surface area contributed by atoms with Crippen LogP contribution in [0.3, 0.4) is 0 Å². The zero-order valence-electron chi connectivity index (χ0n) is 12.4. The molecule has 0 aliphatic carbocycles. The largest absolute Gasteiger partial charge is 0.478 e. The maximum absolute atomic E-state index is 13.5. The SMILES string of the molecule is CCC(C)(C)C(C)C(=O)Sc1cc(C(=O)O)c(F)cc1Cl. The van der Waals surface area contributed by atoms with Crippen molar-refractivity contribution in [2.45, 2.75) is 39.0 Å².